The molecule has 12 heteroatoms. The van der Waals surface area contributed by atoms with Crippen LogP contribution >= 0.6 is 0 Å². The lowest BCUT2D eigenvalue weighted by molar-refractivity contribution is -0.139. The first-order chi connectivity index (χ1) is 16.0. The fraction of sp³-hybridized carbons (Fsp3) is 0.409. The van der Waals surface area contributed by atoms with E-state index in [-0.39, 0.29) is 6.42 Å². The Morgan fingerprint density at radius 1 is 1.03 bits per heavy atom. The molecule has 1 aromatic carbocycles. The van der Waals surface area contributed by atoms with Crippen molar-refractivity contribution in [2.45, 2.75) is 44.8 Å². The molecule has 0 saturated heterocycles. The van der Waals surface area contributed by atoms with Crippen molar-refractivity contribution in [1.29, 1.82) is 0 Å². The second-order valence-corrected chi connectivity index (χ2v) is 8.24. The van der Waals surface area contributed by atoms with Crippen molar-refractivity contribution in [3.05, 3.63) is 36.0 Å². The van der Waals surface area contributed by atoms with Gasteiger partial charge >= 0.3 is 5.97 Å². The van der Waals surface area contributed by atoms with E-state index in [1.54, 1.807) is 20.0 Å². The Morgan fingerprint density at radius 2 is 1.71 bits per heavy atom. The highest BCUT2D eigenvalue weighted by atomic mass is 16.4. The summed E-state index contributed by atoms with van der Waals surface area (Å²) in [6, 6.07) is 4.00. The topological polar surface area (TPSA) is 209 Å². The van der Waals surface area contributed by atoms with E-state index in [1.807, 2.05) is 24.3 Å². The van der Waals surface area contributed by atoms with E-state index in [1.165, 1.54) is 0 Å². The molecule has 4 amide bonds. The first-order valence-corrected chi connectivity index (χ1v) is 10.7. The van der Waals surface area contributed by atoms with Crippen LogP contribution in [0, 0.1) is 5.92 Å². The lowest BCUT2D eigenvalue weighted by Gasteiger charge is -2.25. The lowest BCUT2D eigenvalue weighted by atomic mass is 10.0. The SMILES string of the molecule is CC(C)C(NC(=O)C(CC(N)=O)NC(=O)C(N)Cc1c[nH]c2ccccc12)C(=O)NCC(=O)O. The molecule has 2 aromatic rings. The van der Waals surface area contributed by atoms with Crippen molar-refractivity contribution in [2.24, 2.45) is 17.4 Å². The van der Waals surface area contributed by atoms with Gasteiger partial charge in [-0.05, 0) is 24.0 Å². The Kier molecular flexibility index (Phi) is 9.13. The molecule has 12 nitrogen and oxygen atoms in total. The summed E-state index contributed by atoms with van der Waals surface area (Å²) in [5.74, 6) is -4.72. The number of nitrogens with two attached hydrogens (primary N) is 2. The molecule has 0 bridgehead atoms. The average Bonchev–Trinajstić information content (AvgIpc) is 3.17. The molecule has 0 saturated carbocycles. The second kappa shape index (κ2) is 11.8. The minimum atomic E-state index is -1.37. The number of rotatable bonds is 12. The number of aromatic nitrogens is 1. The number of hydrogen-bond acceptors (Lipinski definition) is 6. The van der Waals surface area contributed by atoms with Crippen molar-refractivity contribution in [1.82, 2.24) is 20.9 Å². The zero-order valence-electron chi connectivity index (χ0n) is 19.0. The fourth-order valence-corrected chi connectivity index (χ4v) is 3.38. The van der Waals surface area contributed by atoms with E-state index in [2.05, 4.69) is 20.9 Å². The Labute approximate surface area is 195 Å². The average molecular weight is 475 g/mol. The smallest absolute Gasteiger partial charge is 0.322 e. The summed E-state index contributed by atoms with van der Waals surface area (Å²) in [6.45, 7) is 2.66. The predicted octanol–water partition coefficient (Wildman–Crippen LogP) is -1.26. The normalized spacial score (nSPS) is 13.6. The second-order valence-electron chi connectivity index (χ2n) is 8.24. The molecular formula is C22H30N6O6. The van der Waals surface area contributed by atoms with Crippen LogP contribution in [0.1, 0.15) is 25.8 Å². The van der Waals surface area contributed by atoms with E-state index >= 15 is 0 Å². The number of carbonyl (C=O) groups excluding carboxylic acids is 4. The van der Waals surface area contributed by atoms with E-state index < -0.39 is 66.6 Å². The summed E-state index contributed by atoms with van der Waals surface area (Å²) < 4.78 is 0. The van der Waals surface area contributed by atoms with Crippen molar-refractivity contribution < 1.29 is 29.1 Å². The predicted molar refractivity (Wildman–Crippen MR) is 123 cm³/mol. The third kappa shape index (κ3) is 7.30. The highest BCUT2D eigenvalue weighted by Gasteiger charge is 2.31. The molecule has 0 aliphatic heterocycles. The Hall–Kier alpha value is -3.93. The van der Waals surface area contributed by atoms with Crippen molar-refractivity contribution in [3.63, 3.8) is 0 Å². The summed E-state index contributed by atoms with van der Waals surface area (Å²) in [4.78, 5) is 63.1. The fourth-order valence-electron chi connectivity index (χ4n) is 3.38. The van der Waals surface area contributed by atoms with Gasteiger partial charge in [-0.1, -0.05) is 32.0 Å². The van der Waals surface area contributed by atoms with Crippen LogP contribution in [0.5, 0.6) is 0 Å². The molecule has 9 N–H and O–H groups in total. The van der Waals surface area contributed by atoms with Crippen LogP contribution in [0.15, 0.2) is 30.5 Å². The van der Waals surface area contributed by atoms with Crippen molar-refractivity contribution in [2.75, 3.05) is 6.54 Å². The number of carbonyl (C=O) groups is 5. The summed E-state index contributed by atoms with van der Waals surface area (Å²) in [5, 5.41) is 16.7. The number of nitrogens with one attached hydrogen (secondary N) is 4. The molecule has 2 rings (SSSR count). The summed E-state index contributed by atoms with van der Waals surface area (Å²) in [7, 11) is 0. The van der Waals surface area contributed by atoms with Crippen LogP contribution in [0.3, 0.4) is 0 Å². The minimum Gasteiger partial charge on any atom is -0.480 e. The molecular weight excluding hydrogens is 444 g/mol. The Bertz CT molecular complexity index is 1070. The van der Waals surface area contributed by atoms with Gasteiger partial charge in [0.25, 0.3) is 0 Å². The monoisotopic (exact) mass is 474 g/mol. The van der Waals surface area contributed by atoms with Crippen LogP contribution in [0.2, 0.25) is 0 Å². The Morgan fingerprint density at radius 3 is 2.32 bits per heavy atom. The number of fused-ring (bicyclic) bond motifs is 1. The van der Waals surface area contributed by atoms with E-state index in [4.69, 9.17) is 16.6 Å². The summed E-state index contributed by atoms with van der Waals surface area (Å²) in [5.41, 5.74) is 13.0. The number of amides is 4. The number of carboxylic acids is 1. The maximum absolute atomic E-state index is 12.8. The highest BCUT2D eigenvalue weighted by molar-refractivity contribution is 5.96. The number of hydrogen-bond donors (Lipinski definition) is 7. The van der Waals surface area contributed by atoms with Crippen molar-refractivity contribution >= 4 is 40.5 Å². The number of H-pyrrole nitrogens is 1. The largest absolute Gasteiger partial charge is 0.480 e. The first kappa shape index (κ1) is 26.3. The molecule has 1 aromatic heterocycles. The molecule has 34 heavy (non-hydrogen) atoms. The lowest BCUT2D eigenvalue weighted by Crippen LogP contribution is -2.58. The number of benzene rings is 1. The minimum absolute atomic E-state index is 0.174. The zero-order chi connectivity index (χ0) is 25.4. The molecule has 0 aliphatic carbocycles. The quantitative estimate of drug-likeness (QED) is 0.198. The number of aromatic amines is 1. The maximum atomic E-state index is 12.8. The zero-order valence-corrected chi connectivity index (χ0v) is 19.0. The van der Waals surface area contributed by atoms with Crippen molar-refractivity contribution in [3.8, 4) is 0 Å². The summed E-state index contributed by atoms with van der Waals surface area (Å²) >= 11 is 0. The van der Waals surface area contributed by atoms with E-state index in [0.29, 0.717) is 0 Å². The third-order valence-electron chi connectivity index (χ3n) is 5.15. The molecule has 0 fully saturated rings. The highest BCUT2D eigenvalue weighted by Crippen LogP contribution is 2.18. The van der Waals surface area contributed by atoms with Gasteiger partial charge in [0.15, 0.2) is 0 Å². The molecule has 184 valence electrons. The molecule has 0 spiro atoms. The van der Waals surface area contributed by atoms with E-state index in [0.717, 1.165) is 16.5 Å². The van der Waals surface area contributed by atoms with Gasteiger partial charge < -0.3 is 37.5 Å². The van der Waals surface area contributed by atoms with Gasteiger partial charge in [-0.25, -0.2) is 0 Å². The molecule has 3 unspecified atom stereocenters. The third-order valence-corrected chi connectivity index (χ3v) is 5.15. The first-order valence-electron chi connectivity index (χ1n) is 10.7. The van der Waals surface area contributed by atoms with Gasteiger partial charge in [0.1, 0.15) is 18.6 Å². The van der Waals surface area contributed by atoms with Gasteiger partial charge in [-0.15, -0.1) is 0 Å². The van der Waals surface area contributed by atoms with Crippen LogP contribution in [-0.4, -0.2) is 64.4 Å². The number of aliphatic carboxylic acids is 1. The van der Waals surface area contributed by atoms with Crippen LogP contribution < -0.4 is 27.4 Å². The molecule has 1 heterocycles. The van der Waals surface area contributed by atoms with Gasteiger partial charge in [-0.3, -0.25) is 24.0 Å². The van der Waals surface area contributed by atoms with Gasteiger partial charge in [0.05, 0.1) is 12.5 Å². The Balaban J connectivity index is 2.08. The molecule has 3 atom stereocenters. The number of carboxylic acid groups (broad SMARTS) is 1. The molecule has 0 radical (unpaired) electrons. The molecule has 0 aliphatic rings. The van der Waals surface area contributed by atoms with Gasteiger partial charge in [0, 0.05) is 17.1 Å². The number of para-hydroxylation sites is 1. The van der Waals surface area contributed by atoms with Gasteiger partial charge in [0.2, 0.25) is 23.6 Å². The summed E-state index contributed by atoms with van der Waals surface area (Å²) in [6.07, 6.45) is 1.40. The van der Waals surface area contributed by atoms with Crippen LogP contribution in [0.4, 0.5) is 0 Å². The van der Waals surface area contributed by atoms with Crippen LogP contribution in [0.25, 0.3) is 10.9 Å². The number of primary amides is 1. The van der Waals surface area contributed by atoms with E-state index in [9.17, 15) is 24.0 Å². The van der Waals surface area contributed by atoms with Gasteiger partial charge in [-0.2, -0.15) is 0 Å². The maximum Gasteiger partial charge on any atom is 0.322 e. The van der Waals surface area contributed by atoms with Crippen LogP contribution in [-0.2, 0) is 30.4 Å². The standard InChI is InChI=1S/C22H30N6O6/c1-11(2)19(22(34)26-10-18(30)31)28-21(33)16(8-17(24)29)27-20(32)14(23)7-12-9-25-15-6-4-3-5-13(12)15/h3-6,9,11,14,16,19,25H,7-8,10,23H2,1-2H3,(H2,24,29)(H,26,34)(H,27,32)(H,28,33)(H,30,31).